The molecule has 0 aromatic heterocycles. The Balaban J connectivity index is 2.22. The third kappa shape index (κ3) is 2.60. The van der Waals surface area contributed by atoms with E-state index < -0.39 is 21.9 Å². The Hall–Kier alpha value is -1.12. The van der Waals surface area contributed by atoms with Gasteiger partial charge in [0, 0.05) is 13.1 Å². The number of carboxylic acids is 1. The molecule has 1 aliphatic rings. The first-order chi connectivity index (χ1) is 8.86. The van der Waals surface area contributed by atoms with Gasteiger partial charge in [-0.05, 0) is 34.1 Å². The monoisotopic (exact) mass is 349 g/mol. The van der Waals surface area contributed by atoms with E-state index in [1.165, 1.54) is 19.2 Å². The van der Waals surface area contributed by atoms with Gasteiger partial charge in [-0.25, -0.2) is 8.42 Å². The van der Waals surface area contributed by atoms with Gasteiger partial charge in [0.1, 0.15) is 5.75 Å². The van der Waals surface area contributed by atoms with E-state index in [-0.39, 0.29) is 18.0 Å². The Morgan fingerprint density at radius 3 is 2.58 bits per heavy atom. The molecular formula is C11H12BrNO5S. The van der Waals surface area contributed by atoms with Crippen LogP contribution in [0, 0.1) is 5.92 Å². The smallest absolute Gasteiger partial charge is 0.309 e. The first-order valence-electron chi connectivity index (χ1n) is 5.42. The maximum absolute atomic E-state index is 12.2. The van der Waals surface area contributed by atoms with Crippen molar-refractivity contribution in [1.82, 2.24) is 4.31 Å². The average Bonchev–Trinajstić information content (AvgIpc) is 2.25. The summed E-state index contributed by atoms with van der Waals surface area (Å²) in [6.07, 6.45) is 0. The summed E-state index contributed by atoms with van der Waals surface area (Å²) in [6.45, 7) is 0.0304. The van der Waals surface area contributed by atoms with Crippen LogP contribution in [0.3, 0.4) is 0 Å². The second-order valence-corrected chi connectivity index (χ2v) is 6.95. The molecule has 19 heavy (non-hydrogen) atoms. The van der Waals surface area contributed by atoms with Crippen LogP contribution in [-0.2, 0) is 14.8 Å². The summed E-state index contributed by atoms with van der Waals surface area (Å²) in [5.74, 6) is -1.05. The average molecular weight is 350 g/mol. The molecule has 1 saturated heterocycles. The molecule has 2 rings (SSSR count). The summed E-state index contributed by atoms with van der Waals surface area (Å²) in [4.78, 5) is 10.8. The molecule has 1 aliphatic heterocycles. The zero-order chi connectivity index (χ0) is 14.2. The van der Waals surface area contributed by atoms with Gasteiger partial charge in [-0.15, -0.1) is 0 Å². The summed E-state index contributed by atoms with van der Waals surface area (Å²) >= 11 is 3.22. The molecule has 0 aliphatic carbocycles. The number of benzene rings is 1. The number of hydrogen-bond acceptors (Lipinski definition) is 4. The minimum atomic E-state index is -3.63. The quantitative estimate of drug-likeness (QED) is 0.881. The molecule has 0 atom stereocenters. The molecule has 104 valence electrons. The van der Waals surface area contributed by atoms with E-state index in [0.29, 0.717) is 10.2 Å². The number of halogens is 1. The van der Waals surface area contributed by atoms with Crippen LogP contribution in [0.15, 0.2) is 27.6 Å². The lowest BCUT2D eigenvalue weighted by Gasteiger charge is -2.35. The molecule has 0 unspecified atom stereocenters. The molecule has 0 amide bonds. The highest BCUT2D eigenvalue weighted by Gasteiger charge is 2.40. The third-order valence-corrected chi connectivity index (χ3v) is 5.41. The van der Waals surface area contributed by atoms with Crippen LogP contribution in [-0.4, -0.2) is 44.0 Å². The van der Waals surface area contributed by atoms with Gasteiger partial charge in [0.25, 0.3) is 0 Å². The van der Waals surface area contributed by atoms with E-state index in [1.807, 2.05) is 0 Å². The van der Waals surface area contributed by atoms with Crippen LogP contribution in [0.2, 0.25) is 0 Å². The molecule has 0 saturated carbocycles. The van der Waals surface area contributed by atoms with Gasteiger partial charge in [-0.3, -0.25) is 4.79 Å². The van der Waals surface area contributed by atoms with Crippen molar-refractivity contribution in [3.63, 3.8) is 0 Å². The molecular weight excluding hydrogens is 338 g/mol. The Morgan fingerprint density at radius 1 is 1.47 bits per heavy atom. The number of aliphatic carboxylic acids is 1. The van der Waals surface area contributed by atoms with E-state index in [1.54, 1.807) is 6.07 Å². The molecule has 1 aromatic rings. The zero-order valence-corrected chi connectivity index (χ0v) is 12.4. The number of rotatable bonds is 4. The summed E-state index contributed by atoms with van der Waals surface area (Å²) in [6, 6.07) is 4.43. The Bertz CT molecular complexity index is 610. The van der Waals surface area contributed by atoms with E-state index in [0.717, 1.165) is 4.31 Å². The van der Waals surface area contributed by atoms with Crippen LogP contribution in [0.4, 0.5) is 0 Å². The molecule has 8 heteroatoms. The number of sulfonamides is 1. The van der Waals surface area contributed by atoms with Crippen molar-refractivity contribution in [2.45, 2.75) is 4.90 Å². The Morgan fingerprint density at radius 2 is 2.11 bits per heavy atom. The Labute approximate surface area is 119 Å². The highest BCUT2D eigenvalue weighted by molar-refractivity contribution is 9.10. The van der Waals surface area contributed by atoms with Crippen molar-refractivity contribution in [2.75, 3.05) is 20.2 Å². The minimum Gasteiger partial charge on any atom is -0.496 e. The fraction of sp³-hybridized carbons (Fsp3) is 0.364. The van der Waals surface area contributed by atoms with Crippen LogP contribution >= 0.6 is 15.9 Å². The second kappa shape index (κ2) is 5.10. The lowest BCUT2D eigenvalue weighted by atomic mass is 10.0. The lowest BCUT2D eigenvalue weighted by molar-refractivity contribution is -0.145. The SMILES string of the molecule is COc1ccc(S(=O)(=O)N2CC(C(=O)O)C2)cc1Br. The minimum absolute atomic E-state index is 0.0152. The van der Waals surface area contributed by atoms with E-state index in [4.69, 9.17) is 9.84 Å². The van der Waals surface area contributed by atoms with Crippen molar-refractivity contribution in [2.24, 2.45) is 5.92 Å². The maximum Gasteiger partial charge on any atom is 0.309 e. The number of nitrogens with zero attached hydrogens (tertiary/aromatic N) is 1. The van der Waals surface area contributed by atoms with Crippen molar-refractivity contribution in [3.8, 4) is 5.75 Å². The number of methoxy groups -OCH3 is 1. The van der Waals surface area contributed by atoms with Gasteiger partial charge < -0.3 is 9.84 Å². The molecule has 0 bridgehead atoms. The number of hydrogen-bond donors (Lipinski definition) is 1. The van der Waals surface area contributed by atoms with Crippen LogP contribution in [0.25, 0.3) is 0 Å². The highest BCUT2D eigenvalue weighted by Crippen LogP contribution is 2.31. The van der Waals surface area contributed by atoms with E-state index >= 15 is 0 Å². The van der Waals surface area contributed by atoms with Crippen LogP contribution in [0.5, 0.6) is 5.75 Å². The second-order valence-electron chi connectivity index (χ2n) is 4.15. The van der Waals surface area contributed by atoms with Gasteiger partial charge in [-0.2, -0.15) is 4.31 Å². The van der Waals surface area contributed by atoms with Gasteiger partial charge in [0.2, 0.25) is 10.0 Å². The highest BCUT2D eigenvalue weighted by atomic mass is 79.9. The first kappa shape index (κ1) is 14.3. The molecule has 1 aromatic carbocycles. The number of carboxylic acid groups (broad SMARTS) is 1. The van der Waals surface area contributed by atoms with E-state index in [2.05, 4.69) is 15.9 Å². The predicted molar refractivity (Wildman–Crippen MR) is 70.6 cm³/mol. The molecule has 1 fully saturated rings. The molecule has 1 N–H and O–H groups in total. The van der Waals surface area contributed by atoms with Gasteiger partial charge >= 0.3 is 5.97 Å². The number of ether oxygens (including phenoxy) is 1. The summed E-state index contributed by atoms with van der Waals surface area (Å²) in [5.41, 5.74) is 0. The van der Waals surface area contributed by atoms with Crippen molar-refractivity contribution < 1.29 is 23.1 Å². The zero-order valence-electron chi connectivity index (χ0n) is 10.0. The standard InChI is InChI=1S/C11H12BrNO5S/c1-18-10-3-2-8(4-9(10)12)19(16,17)13-5-7(6-13)11(14)15/h2-4,7H,5-6H2,1H3,(H,14,15). The molecule has 0 spiro atoms. The molecule has 1 heterocycles. The summed E-state index contributed by atoms with van der Waals surface area (Å²) in [7, 11) is -2.14. The topological polar surface area (TPSA) is 83.9 Å². The van der Waals surface area contributed by atoms with Crippen molar-refractivity contribution in [3.05, 3.63) is 22.7 Å². The summed E-state index contributed by atoms with van der Waals surface area (Å²) in [5, 5.41) is 8.75. The van der Waals surface area contributed by atoms with Crippen molar-refractivity contribution in [1.29, 1.82) is 0 Å². The fourth-order valence-corrected chi connectivity index (χ4v) is 4.00. The van der Waals surface area contributed by atoms with Gasteiger partial charge in [0.05, 0.1) is 22.4 Å². The van der Waals surface area contributed by atoms with Gasteiger partial charge in [-0.1, -0.05) is 0 Å². The molecule has 6 nitrogen and oxygen atoms in total. The van der Waals surface area contributed by atoms with Gasteiger partial charge in [0.15, 0.2) is 0 Å². The third-order valence-electron chi connectivity index (χ3n) is 2.96. The van der Waals surface area contributed by atoms with Crippen LogP contribution in [0.1, 0.15) is 0 Å². The first-order valence-corrected chi connectivity index (χ1v) is 7.66. The normalized spacial score (nSPS) is 16.9. The number of carbonyl (C=O) groups is 1. The Kier molecular flexibility index (Phi) is 3.84. The lowest BCUT2D eigenvalue weighted by Crippen LogP contribution is -2.52. The maximum atomic E-state index is 12.2. The fourth-order valence-electron chi connectivity index (χ4n) is 1.75. The summed E-state index contributed by atoms with van der Waals surface area (Å²) < 4.78 is 31.1. The largest absolute Gasteiger partial charge is 0.496 e. The molecule has 0 radical (unpaired) electrons. The van der Waals surface area contributed by atoms with Crippen molar-refractivity contribution >= 4 is 31.9 Å². The van der Waals surface area contributed by atoms with E-state index in [9.17, 15) is 13.2 Å². The van der Waals surface area contributed by atoms with Crippen LogP contribution < -0.4 is 4.74 Å². The predicted octanol–water partition coefficient (Wildman–Crippen LogP) is 1.16.